The summed E-state index contributed by atoms with van der Waals surface area (Å²) < 4.78 is 5.18. The smallest absolute Gasteiger partial charge is 0.272 e. The van der Waals surface area contributed by atoms with Gasteiger partial charge in [-0.2, -0.15) is 0 Å². The summed E-state index contributed by atoms with van der Waals surface area (Å²) in [4.78, 5) is 27.5. The van der Waals surface area contributed by atoms with Crippen LogP contribution in [-0.2, 0) is 9.59 Å². The van der Waals surface area contributed by atoms with Crippen LogP contribution >= 0.6 is 35.0 Å². The van der Waals surface area contributed by atoms with Crippen molar-refractivity contribution in [2.75, 3.05) is 24.4 Å². The van der Waals surface area contributed by atoms with Gasteiger partial charge in [-0.25, -0.2) is 4.90 Å². The Morgan fingerprint density at radius 1 is 1.11 bits per heavy atom. The molecule has 0 saturated carbocycles. The summed E-state index contributed by atoms with van der Waals surface area (Å²) in [6.45, 7) is -0.129. The molecule has 140 valence electrons. The zero-order valence-electron chi connectivity index (χ0n) is 14.2. The monoisotopic (exact) mass is 423 g/mol. The van der Waals surface area contributed by atoms with Crippen LogP contribution < -0.4 is 9.64 Å². The molecule has 2 aromatic rings. The number of anilines is 1. The third kappa shape index (κ3) is 3.84. The maximum Gasteiger partial charge on any atom is 0.272 e. The molecule has 27 heavy (non-hydrogen) atoms. The summed E-state index contributed by atoms with van der Waals surface area (Å²) >= 11 is 13.4. The molecule has 5 nitrogen and oxygen atoms in total. The van der Waals surface area contributed by atoms with E-state index in [1.165, 1.54) is 13.2 Å². The van der Waals surface area contributed by atoms with Crippen LogP contribution in [0.3, 0.4) is 0 Å². The Balaban J connectivity index is 2.11. The molecule has 2 amide bonds. The molecule has 3 rings (SSSR count). The van der Waals surface area contributed by atoms with Crippen molar-refractivity contribution in [1.29, 1.82) is 0 Å². The van der Waals surface area contributed by atoms with E-state index in [0.717, 1.165) is 16.7 Å². The second kappa shape index (κ2) is 8.35. The van der Waals surface area contributed by atoms with E-state index in [0.29, 0.717) is 22.0 Å². The molecule has 0 aromatic heterocycles. The number of ether oxygens (including phenoxy) is 1. The van der Waals surface area contributed by atoms with E-state index in [1.54, 1.807) is 36.4 Å². The van der Waals surface area contributed by atoms with Crippen LogP contribution in [0.4, 0.5) is 5.69 Å². The van der Waals surface area contributed by atoms with E-state index in [2.05, 4.69) is 0 Å². The van der Waals surface area contributed by atoms with E-state index >= 15 is 0 Å². The van der Waals surface area contributed by atoms with Gasteiger partial charge in [-0.3, -0.25) is 9.59 Å². The molecule has 0 fully saturated rings. The fraction of sp³-hybridized carbons (Fsp3) is 0.158. The van der Waals surface area contributed by atoms with E-state index < -0.39 is 11.8 Å². The van der Waals surface area contributed by atoms with Crippen LogP contribution in [0.1, 0.15) is 5.56 Å². The Labute approximate surface area is 170 Å². The van der Waals surface area contributed by atoms with Gasteiger partial charge >= 0.3 is 0 Å². The zero-order chi connectivity index (χ0) is 19.6. The number of thioether (sulfide) groups is 1. The fourth-order valence-corrected chi connectivity index (χ4v) is 4.06. The maximum atomic E-state index is 13.2. The molecule has 2 aromatic carbocycles. The lowest BCUT2D eigenvalue weighted by Crippen LogP contribution is -2.31. The highest BCUT2D eigenvalue weighted by molar-refractivity contribution is 8.04. The van der Waals surface area contributed by atoms with Gasteiger partial charge in [-0.1, -0.05) is 35.3 Å². The number of nitrogens with zero attached hydrogens (tertiary/aromatic N) is 1. The van der Waals surface area contributed by atoms with Crippen molar-refractivity contribution in [3.63, 3.8) is 0 Å². The van der Waals surface area contributed by atoms with E-state index in [9.17, 15) is 9.59 Å². The van der Waals surface area contributed by atoms with Crippen molar-refractivity contribution in [1.82, 2.24) is 0 Å². The number of aliphatic hydroxyl groups is 1. The molecule has 8 heteroatoms. The summed E-state index contributed by atoms with van der Waals surface area (Å²) in [7, 11) is 1.51. The number of amides is 2. The van der Waals surface area contributed by atoms with Crippen molar-refractivity contribution in [2.45, 2.75) is 0 Å². The summed E-state index contributed by atoms with van der Waals surface area (Å²) in [5.41, 5.74) is 1.01. The normalized spacial score (nSPS) is 14.3. The Morgan fingerprint density at radius 3 is 2.56 bits per heavy atom. The van der Waals surface area contributed by atoms with Crippen molar-refractivity contribution >= 4 is 58.0 Å². The molecule has 0 aliphatic carbocycles. The number of halogens is 2. The van der Waals surface area contributed by atoms with E-state index in [-0.39, 0.29) is 27.9 Å². The standard InChI is InChI=1S/C19H15Cl2NO4S/c1-26-13-4-2-3-12(10-13)22-18(24)16(17(19(22)25)27-8-7-23)14-6-5-11(20)9-15(14)21/h2-6,9-10,23H,7-8H2,1H3. The van der Waals surface area contributed by atoms with Crippen LogP contribution in [0.15, 0.2) is 47.4 Å². The number of aliphatic hydroxyl groups excluding tert-OH is 1. The van der Waals surface area contributed by atoms with Gasteiger partial charge in [-0.15, -0.1) is 11.8 Å². The number of carbonyl (C=O) groups is 2. The second-order valence-electron chi connectivity index (χ2n) is 5.55. The van der Waals surface area contributed by atoms with Crippen molar-refractivity contribution in [3.8, 4) is 5.75 Å². The van der Waals surface area contributed by atoms with Crippen LogP contribution in [0.5, 0.6) is 5.75 Å². The molecular formula is C19H15Cl2NO4S. The van der Waals surface area contributed by atoms with Crippen LogP contribution in [0.2, 0.25) is 10.0 Å². The molecule has 0 unspecified atom stereocenters. The van der Waals surface area contributed by atoms with Gasteiger partial charge in [-0.05, 0) is 24.3 Å². The number of carbonyl (C=O) groups excluding carboxylic acids is 2. The Hall–Kier alpha value is -1.99. The second-order valence-corrected chi connectivity index (χ2v) is 7.50. The lowest BCUT2D eigenvalue weighted by atomic mass is 10.1. The van der Waals surface area contributed by atoms with Gasteiger partial charge in [0.05, 0.1) is 34.9 Å². The van der Waals surface area contributed by atoms with E-state index in [4.69, 9.17) is 33.0 Å². The number of imide groups is 1. The maximum absolute atomic E-state index is 13.2. The lowest BCUT2D eigenvalue weighted by molar-refractivity contribution is -0.119. The topological polar surface area (TPSA) is 66.8 Å². The molecule has 1 aliphatic rings. The van der Waals surface area contributed by atoms with Gasteiger partial charge in [0.25, 0.3) is 11.8 Å². The Kier molecular flexibility index (Phi) is 6.11. The first-order chi connectivity index (χ1) is 13.0. The first-order valence-electron chi connectivity index (χ1n) is 7.94. The average Bonchev–Trinajstić information content (AvgIpc) is 2.90. The molecule has 0 radical (unpaired) electrons. The highest BCUT2D eigenvalue weighted by atomic mass is 35.5. The predicted molar refractivity (Wildman–Crippen MR) is 108 cm³/mol. The largest absolute Gasteiger partial charge is 0.497 e. The molecule has 1 heterocycles. The highest BCUT2D eigenvalue weighted by Crippen LogP contribution is 2.41. The molecule has 0 saturated heterocycles. The van der Waals surface area contributed by atoms with E-state index in [1.807, 2.05) is 0 Å². The number of hydrogen-bond acceptors (Lipinski definition) is 5. The minimum atomic E-state index is -0.488. The summed E-state index contributed by atoms with van der Waals surface area (Å²) in [6.07, 6.45) is 0. The SMILES string of the molecule is COc1cccc(N2C(=O)C(SCCO)=C(c3ccc(Cl)cc3Cl)C2=O)c1. The summed E-state index contributed by atoms with van der Waals surface area (Å²) in [5, 5.41) is 9.86. The van der Waals surface area contributed by atoms with Gasteiger partial charge in [0.15, 0.2) is 0 Å². The number of hydrogen-bond donors (Lipinski definition) is 1. The van der Waals surface area contributed by atoms with Crippen molar-refractivity contribution < 1.29 is 19.4 Å². The van der Waals surface area contributed by atoms with Crippen LogP contribution in [0, 0.1) is 0 Å². The van der Waals surface area contributed by atoms with Gasteiger partial charge in [0.1, 0.15) is 5.75 Å². The Bertz CT molecular complexity index is 945. The zero-order valence-corrected chi connectivity index (χ0v) is 16.6. The molecule has 0 atom stereocenters. The average molecular weight is 424 g/mol. The first kappa shape index (κ1) is 19.8. The highest BCUT2D eigenvalue weighted by Gasteiger charge is 2.40. The quantitative estimate of drug-likeness (QED) is 0.710. The minimum Gasteiger partial charge on any atom is -0.497 e. The summed E-state index contributed by atoms with van der Waals surface area (Å²) in [6, 6.07) is 11.4. The third-order valence-electron chi connectivity index (χ3n) is 3.89. The minimum absolute atomic E-state index is 0.129. The van der Waals surface area contributed by atoms with Gasteiger partial charge in [0.2, 0.25) is 0 Å². The van der Waals surface area contributed by atoms with Crippen LogP contribution in [0.25, 0.3) is 5.57 Å². The predicted octanol–water partition coefficient (Wildman–Crippen LogP) is 4.01. The molecular weight excluding hydrogens is 409 g/mol. The van der Waals surface area contributed by atoms with Crippen LogP contribution in [-0.4, -0.2) is 36.4 Å². The van der Waals surface area contributed by atoms with Crippen molar-refractivity contribution in [2.24, 2.45) is 0 Å². The fourth-order valence-electron chi connectivity index (χ4n) is 2.71. The molecule has 0 bridgehead atoms. The third-order valence-corrected chi connectivity index (χ3v) is 5.49. The number of rotatable bonds is 6. The Morgan fingerprint density at radius 2 is 1.89 bits per heavy atom. The van der Waals surface area contributed by atoms with Gasteiger partial charge in [0, 0.05) is 22.4 Å². The molecule has 0 spiro atoms. The first-order valence-corrected chi connectivity index (χ1v) is 9.68. The number of methoxy groups -OCH3 is 1. The van der Waals surface area contributed by atoms with Gasteiger partial charge < -0.3 is 9.84 Å². The summed E-state index contributed by atoms with van der Waals surface area (Å²) in [5.74, 6) is -0.157. The number of benzene rings is 2. The lowest BCUT2D eigenvalue weighted by Gasteiger charge is -2.16. The molecule has 1 N–H and O–H groups in total. The molecule has 1 aliphatic heterocycles. The van der Waals surface area contributed by atoms with Crippen molar-refractivity contribution in [3.05, 3.63) is 63.0 Å².